The number of allylic oxidation sites excluding steroid dienone is 1. The molecule has 0 radical (unpaired) electrons. The maximum absolute atomic E-state index is 6.28. The zero-order valence-electron chi connectivity index (χ0n) is 25.9. The first-order valence-electron chi connectivity index (χ1n) is 16.0. The largest absolute Gasteiger partial charge is 0.456 e. The number of nitrogens with zero attached hydrogens (tertiary/aromatic N) is 2. The summed E-state index contributed by atoms with van der Waals surface area (Å²) in [6.07, 6.45) is 0.685. The van der Waals surface area contributed by atoms with Gasteiger partial charge in [-0.3, -0.25) is 0 Å². The quantitative estimate of drug-likeness (QED) is 0.197. The Kier molecular flexibility index (Phi) is 6.43. The number of hydrogen-bond acceptors (Lipinski definition) is 3. The van der Waals surface area contributed by atoms with Crippen molar-refractivity contribution in [3.05, 3.63) is 174 Å². The smallest absolute Gasteiger partial charge is 0.160 e. The van der Waals surface area contributed by atoms with Crippen LogP contribution in [0.2, 0.25) is 0 Å². The molecule has 0 fully saturated rings. The van der Waals surface area contributed by atoms with Crippen LogP contribution in [-0.2, 0) is 0 Å². The molecule has 3 heteroatoms. The van der Waals surface area contributed by atoms with Crippen molar-refractivity contribution >= 4 is 60.7 Å². The average Bonchev–Trinajstić information content (AvgIpc) is 3.42. The van der Waals surface area contributed by atoms with Crippen molar-refractivity contribution in [2.24, 2.45) is 9.98 Å². The summed E-state index contributed by atoms with van der Waals surface area (Å²) in [5.74, 6) is 0.691. The van der Waals surface area contributed by atoms with E-state index in [2.05, 4.69) is 134 Å². The minimum absolute atomic E-state index is 0.685. The molecule has 2 heterocycles. The zero-order chi connectivity index (χ0) is 31.3. The minimum Gasteiger partial charge on any atom is -0.456 e. The fourth-order valence-electron chi connectivity index (χ4n) is 6.86. The van der Waals surface area contributed by atoms with Crippen LogP contribution in [0, 0.1) is 0 Å². The van der Waals surface area contributed by atoms with E-state index in [-0.39, 0.29) is 0 Å². The Hall–Kier alpha value is -6.06. The first-order valence-corrected chi connectivity index (χ1v) is 16.0. The molecule has 7 aromatic carbocycles. The van der Waals surface area contributed by atoms with Gasteiger partial charge in [0.05, 0.1) is 11.4 Å². The summed E-state index contributed by atoms with van der Waals surface area (Å²) in [4.78, 5) is 10.8. The van der Waals surface area contributed by atoms with Crippen LogP contribution < -0.4 is 0 Å². The summed E-state index contributed by atoms with van der Waals surface area (Å²) in [7, 11) is 0. The van der Waals surface area contributed by atoms with Gasteiger partial charge in [0.25, 0.3) is 0 Å². The van der Waals surface area contributed by atoms with Crippen molar-refractivity contribution in [1.82, 2.24) is 0 Å². The molecule has 47 heavy (non-hydrogen) atoms. The molecule has 0 amide bonds. The lowest BCUT2D eigenvalue weighted by atomic mass is 9.95. The molecule has 8 aromatic rings. The van der Waals surface area contributed by atoms with Crippen LogP contribution in [0.5, 0.6) is 0 Å². The van der Waals surface area contributed by atoms with Gasteiger partial charge in [0.15, 0.2) is 5.84 Å². The van der Waals surface area contributed by atoms with Gasteiger partial charge in [-0.1, -0.05) is 121 Å². The van der Waals surface area contributed by atoms with E-state index in [1.807, 2.05) is 24.3 Å². The van der Waals surface area contributed by atoms with Crippen LogP contribution in [-0.4, -0.2) is 11.5 Å². The number of hydrogen-bond donors (Lipinski definition) is 0. The molecule has 0 atom stereocenters. The Balaban J connectivity index is 1.23. The van der Waals surface area contributed by atoms with Gasteiger partial charge in [-0.2, -0.15) is 0 Å². The predicted octanol–water partition coefficient (Wildman–Crippen LogP) is 11.6. The van der Waals surface area contributed by atoms with Crippen molar-refractivity contribution in [3.8, 4) is 11.1 Å². The second-order valence-electron chi connectivity index (χ2n) is 12.3. The summed E-state index contributed by atoms with van der Waals surface area (Å²) < 4.78 is 6.28. The van der Waals surface area contributed by atoms with E-state index in [0.29, 0.717) is 12.3 Å². The third-order valence-electron chi connectivity index (χ3n) is 9.24. The highest BCUT2D eigenvalue weighted by atomic mass is 16.3. The molecule has 0 saturated heterocycles. The highest BCUT2D eigenvalue weighted by molar-refractivity contribution is 6.23. The van der Waals surface area contributed by atoms with Gasteiger partial charge in [0.1, 0.15) is 11.2 Å². The summed E-state index contributed by atoms with van der Waals surface area (Å²) in [5, 5.41) is 6.90. The molecule has 0 spiro atoms. The second kappa shape index (κ2) is 11.1. The molecule has 0 aliphatic carbocycles. The van der Waals surface area contributed by atoms with Gasteiger partial charge in [0.2, 0.25) is 0 Å². The van der Waals surface area contributed by atoms with Crippen LogP contribution in [0.4, 0.5) is 0 Å². The third-order valence-corrected chi connectivity index (χ3v) is 9.24. The lowest BCUT2D eigenvalue weighted by Crippen LogP contribution is -2.06. The van der Waals surface area contributed by atoms with E-state index in [4.69, 9.17) is 14.4 Å². The molecule has 1 aromatic heterocycles. The van der Waals surface area contributed by atoms with E-state index in [1.165, 1.54) is 38.2 Å². The number of aliphatic imine (C=N–C) groups is 2. The Labute approximate surface area is 272 Å². The highest BCUT2D eigenvalue weighted by Crippen LogP contribution is 2.35. The Morgan fingerprint density at radius 2 is 1.13 bits per heavy atom. The average molecular weight is 603 g/mol. The van der Waals surface area contributed by atoms with Crippen molar-refractivity contribution in [3.63, 3.8) is 0 Å². The molecular weight excluding hydrogens is 572 g/mol. The van der Waals surface area contributed by atoms with E-state index in [9.17, 15) is 0 Å². The van der Waals surface area contributed by atoms with Gasteiger partial charge >= 0.3 is 0 Å². The summed E-state index contributed by atoms with van der Waals surface area (Å²) in [6.45, 7) is 2.19. The maximum Gasteiger partial charge on any atom is 0.160 e. The molecule has 222 valence electrons. The maximum atomic E-state index is 6.28. The SMILES string of the molecule is CC1=C(c2ccc3ccccc3c2)N=C(c2cccc3oc4ccccc4c23)N=C(c2ccc3cc(-c4ccccc4)ccc3c2)C1. The van der Waals surface area contributed by atoms with E-state index < -0.39 is 0 Å². The Morgan fingerprint density at radius 3 is 2.00 bits per heavy atom. The molecule has 0 unspecified atom stereocenters. The second-order valence-corrected chi connectivity index (χ2v) is 12.3. The number of para-hydroxylation sites is 1. The van der Waals surface area contributed by atoms with E-state index >= 15 is 0 Å². The van der Waals surface area contributed by atoms with Gasteiger partial charge in [-0.05, 0) is 81.1 Å². The summed E-state index contributed by atoms with van der Waals surface area (Å²) >= 11 is 0. The topological polar surface area (TPSA) is 37.9 Å². The van der Waals surface area contributed by atoms with Crippen LogP contribution in [0.3, 0.4) is 0 Å². The van der Waals surface area contributed by atoms with Gasteiger partial charge < -0.3 is 4.42 Å². The van der Waals surface area contributed by atoms with Gasteiger partial charge in [-0.15, -0.1) is 0 Å². The normalized spacial score (nSPS) is 13.7. The van der Waals surface area contributed by atoms with Gasteiger partial charge in [-0.25, -0.2) is 9.98 Å². The number of benzene rings is 7. The molecule has 0 saturated carbocycles. The highest BCUT2D eigenvalue weighted by Gasteiger charge is 2.21. The number of furan rings is 1. The third kappa shape index (κ3) is 4.84. The molecule has 9 rings (SSSR count). The molecule has 0 bridgehead atoms. The lowest BCUT2D eigenvalue weighted by Gasteiger charge is -2.10. The van der Waals surface area contributed by atoms with Crippen LogP contribution in [0.1, 0.15) is 30.0 Å². The molecule has 0 N–H and O–H groups in total. The van der Waals surface area contributed by atoms with Crippen molar-refractivity contribution < 1.29 is 4.42 Å². The van der Waals surface area contributed by atoms with Crippen LogP contribution in [0.15, 0.2) is 172 Å². The molecule has 1 aliphatic heterocycles. The fourth-order valence-corrected chi connectivity index (χ4v) is 6.86. The molecule has 1 aliphatic rings. The first kappa shape index (κ1) is 27.3. The van der Waals surface area contributed by atoms with E-state index in [1.54, 1.807) is 0 Å². The fraction of sp³-hybridized carbons (Fsp3) is 0.0455. The number of amidine groups is 1. The molecule has 3 nitrogen and oxygen atoms in total. The van der Waals surface area contributed by atoms with Crippen molar-refractivity contribution in [2.45, 2.75) is 13.3 Å². The molecular formula is C44H30N2O. The van der Waals surface area contributed by atoms with Gasteiger partial charge in [0, 0.05) is 28.3 Å². The Morgan fingerprint density at radius 1 is 0.489 bits per heavy atom. The zero-order valence-corrected chi connectivity index (χ0v) is 25.9. The lowest BCUT2D eigenvalue weighted by molar-refractivity contribution is 0.669. The standard InChI is InChI=1S/C44H30N2O/c1-28-24-39(35-22-21-33-25-32(19-20-34(33)26-35)29-10-3-2-4-11-29)45-44(46-43(28)36-23-18-30-12-5-6-13-31(30)27-36)38-15-9-17-41-42(38)37-14-7-8-16-40(37)47-41/h2-23,25-27H,24H2,1H3. The minimum atomic E-state index is 0.685. The van der Waals surface area contributed by atoms with Crippen molar-refractivity contribution in [1.29, 1.82) is 0 Å². The summed E-state index contributed by atoms with van der Waals surface area (Å²) in [6, 6.07) is 53.4. The van der Waals surface area contributed by atoms with Crippen LogP contribution >= 0.6 is 0 Å². The van der Waals surface area contributed by atoms with E-state index in [0.717, 1.165) is 50.0 Å². The Bertz CT molecular complexity index is 2600. The number of fused-ring (bicyclic) bond motifs is 5. The first-order chi connectivity index (χ1) is 23.2. The monoisotopic (exact) mass is 602 g/mol. The predicted molar refractivity (Wildman–Crippen MR) is 197 cm³/mol. The number of rotatable bonds is 4. The van der Waals surface area contributed by atoms with Crippen LogP contribution in [0.25, 0.3) is 60.3 Å². The van der Waals surface area contributed by atoms with Crippen molar-refractivity contribution in [2.75, 3.05) is 0 Å². The summed E-state index contributed by atoms with van der Waals surface area (Å²) in [5.41, 5.74) is 10.4.